The van der Waals surface area contributed by atoms with Gasteiger partial charge in [-0.3, -0.25) is 4.79 Å². The van der Waals surface area contributed by atoms with Gasteiger partial charge in [-0.05, 0) is 69.9 Å². The van der Waals surface area contributed by atoms with Gasteiger partial charge in [-0.15, -0.1) is 0 Å². The summed E-state index contributed by atoms with van der Waals surface area (Å²) in [6.45, 7) is 10.1. The van der Waals surface area contributed by atoms with Crippen LogP contribution < -0.4 is 0 Å². The minimum absolute atomic E-state index is 0.0544. The number of carbonyl (C=O) groups is 2. The summed E-state index contributed by atoms with van der Waals surface area (Å²) in [5, 5.41) is 0. The summed E-state index contributed by atoms with van der Waals surface area (Å²) in [7, 11) is 0. The number of amides is 1. The van der Waals surface area contributed by atoms with Crippen molar-refractivity contribution in [2.45, 2.75) is 96.7 Å². The summed E-state index contributed by atoms with van der Waals surface area (Å²) in [5.74, 6) is 0.873. The molecule has 0 radical (unpaired) electrons. The lowest BCUT2D eigenvalue weighted by Gasteiger charge is -2.48. The topological polar surface area (TPSA) is 46.6 Å². The average Bonchev–Trinajstić information content (AvgIpc) is 2.59. The maximum Gasteiger partial charge on any atom is 0.410 e. The Morgan fingerprint density at radius 3 is 2.14 bits per heavy atom. The summed E-state index contributed by atoms with van der Waals surface area (Å²) >= 11 is 0. The number of piperidine rings is 2. The summed E-state index contributed by atoms with van der Waals surface area (Å²) < 4.78 is 5.64. The van der Waals surface area contributed by atoms with Gasteiger partial charge in [0, 0.05) is 24.4 Å². The van der Waals surface area contributed by atoms with Crippen molar-refractivity contribution in [2.75, 3.05) is 0 Å². The highest BCUT2D eigenvalue weighted by Crippen LogP contribution is 2.38. The van der Waals surface area contributed by atoms with Gasteiger partial charge in [0.2, 0.25) is 0 Å². The molecule has 2 aliphatic rings. The Morgan fingerprint density at radius 1 is 1.07 bits per heavy atom. The first kappa shape index (κ1) is 20.9. The number of ether oxygens (including phenoxy) is 1. The molecule has 0 aromatic heterocycles. The van der Waals surface area contributed by atoms with Crippen LogP contribution in [0, 0.1) is 5.92 Å². The van der Waals surface area contributed by atoms with Crippen molar-refractivity contribution in [1.82, 2.24) is 4.90 Å². The van der Waals surface area contributed by atoms with Gasteiger partial charge in [0.15, 0.2) is 0 Å². The van der Waals surface area contributed by atoms with E-state index in [0.29, 0.717) is 18.1 Å². The lowest BCUT2D eigenvalue weighted by atomic mass is 9.76. The molecule has 0 aliphatic carbocycles. The van der Waals surface area contributed by atoms with E-state index >= 15 is 0 Å². The van der Waals surface area contributed by atoms with Gasteiger partial charge >= 0.3 is 6.09 Å². The lowest BCUT2D eigenvalue weighted by molar-refractivity contribution is -0.126. The van der Waals surface area contributed by atoms with Crippen LogP contribution in [0.4, 0.5) is 4.79 Å². The van der Waals surface area contributed by atoms with E-state index in [2.05, 4.69) is 38.1 Å². The third kappa shape index (κ3) is 4.95. The van der Waals surface area contributed by atoms with Crippen molar-refractivity contribution in [1.29, 1.82) is 0 Å². The zero-order valence-electron chi connectivity index (χ0n) is 18.0. The monoisotopic (exact) mass is 385 g/mol. The van der Waals surface area contributed by atoms with E-state index in [9.17, 15) is 9.59 Å². The zero-order valence-corrected chi connectivity index (χ0v) is 18.0. The summed E-state index contributed by atoms with van der Waals surface area (Å²) in [5.41, 5.74) is 1.91. The van der Waals surface area contributed by atoms with Gasteiger partial charge in [0.25, 0.3) is 0 Å². The molecule has 0 saturated carbocycles. The van der Waals surface area contributed by atoms with Gasteiger partial charge in [0.05, 0.1) is 0 Å². The molecule has 28 heavy (non-hydrogen) atoms. The fraction of sp³-hybridized carbons (Fsp3) is 0.667. The summed E-state index contributed by atoms with van der Waals surface area (Å²) in [4.78, 5) is 27.6. The number of benzene rings is 1. The van der Waals surface area contributed by atoms with Crippen LogP contribution in [0.1, 0.15) is 83.8 Å². The van der Waals surface area contributed by atoms with Crippen LogP contribution in [0.2, 0.25) is 0 Å². The first-order valence-electron chi connectivity index (χ1n) is 10.8. The Morgan fingerprint density at radius 2 is 1.64 bits per heavy atom. The SMILES string of the molecule is CC(C)c1ccc(CC(=O)C2CC3CCCC(C2)N3C(=O)OC(C)(C)C)cc1. The third-order valence-corrected chi connectivity index (χ3v) is 6.06. The molecule has 2 unspecified atom stereocenters. The average molecular weight is 386 g/mol. The summed E-state index contributed by atoms with van der Waals surface area (Å²) in [6, 6.07) is 8.72. The first-order chi connectivity index (χ1) is 13.1. The maximum atomic E-state index is 13.0. The second-order valence-electron chi connectivity index (χ2n) is 9.83. The largest absolute Gasteiger partial charge is 0.444 e. The molecule has 2 bridgehead atoms. The van der Waals surface area contributed by atoms with Crippen molar-refractivity contribution in [3.8, 4) is 0 Å². The van der Waals surface area contributed by atoms with Gasteiger partial charge < -0.3 is 9.64 Å². The van der Waals surface area contributed by atoms with Crippen molar-refractivity contribution in [3.63, 3.8) is 0 Å². The van der Waals surface area contributed by atoms with Gasteiger partial charge in [-0.2, -0.15) is 0 Å². The van der Waals surface area contributed by atoms with Crippen molar-refractivity contribution < 1.29 is 14.3 Å². The van der Waals surface area contributed by atoms with Crippen LogP contribution in [0.15, 0.2) is 24.3 Å². The quantitative estimate of drug-likeness (QED) is 0.688. The van der Waals surface area contributed by atoms with Gasteiger partial charge in [-0.1, -0.05) is 38.1 Å². The van der Waals surface area contributed by atoms with E-state index < -0.39 is 5.60 Å². The minimum Gasteiger partial charge on any atom is -0.444 e. The van der Waals surface area contributed by atoms with E-state index in [1.165, 1.54) is 5.56 Å². The van der Waals surface area contributed by atoms with E-state index in [0.717, 1.165) is 37.7 Å². The number of Topliss-reactive ketones (excluding diaryl/α,β-unsaturated/α-hetero) is 1. The predicted molar refractivity (Wildman–Crippen MR) is 111 cm³/mol. The Bertz CT molecular complexity index is 688. The van der Waals surface area contributed by atoms with E-state index in [1.54, 1.807) is 0 Å². The normalized spacial score (nSPS) is 24.9. The van der Waals surface area contributed by atoms with Crippen LogP contribution >= 0.6 is 0 Å². The second-order valence-corrected chi connectivity index (χ2v) is 9.83. The van der Waals surface area contributed by atoms with Crippen LogP contribution in [-0.2, 0) is 16.0 Å². The number of hydrogen-bond acceptors (Lipinski definition) is 3. The molecule has 3 rings (SSSR count). The molecule has 2 saturated heterocycles. The molecule has 1 aromatic rings. The van der Waals surface area contributed by atoms with Gasteiger partial charge in [-0.25, -0.2) is 4.79 Å². The Hall–Kier alpha value is -1.84. The number of rotatable bonds is 4. The van der Waals surface area contributed by atoms with Crippen molar-refractivity contribution in [2.24, 2.45) is 5.92 Å². The highest BCUT2D eigenvalue weighted by atomic mass is 16.6. The molecular weight excluding hydrogens is 350 g/mol. The molecule has 0 N–H and O–H groups in total. The van der Waals surface area contributed by atoms with Crippen LogP contribution in [0.25, 0.3) is 0 Å². The fourth-order valence-electron chi connectivity index (χ4n) is 4.62. The predicted octanol–water partition coefficient (Wildman–Crippen LogP) is 5.49. The molecule has 2 fully saturated rings. The molecule has 2 heterocycles. The molecule has 2 aliphatic heterocycles. The van der Waals surface area contributed by atoms with Crippen LogP contribution in [0.5, 0.6) is 0 Å². The molecular formula is C24H35NO3. The third-order valence-electron chi connectivity index (χ3n) is 6.06. The first-order valence-corrected chi connectivity index (χ1v) is 10.8. The molecule has 1 amide bonds. The Labute approximate surface area is 169 Å². The molecule has 1 aromatic carbocycles. The smallest absolute Gasteiger partial charge is 0.410 e. The highest BCUT2D eigenvalue weighted by Gasteiger charge is 2.44. The molecule has 154 valence electrons. The lowest BCUT2D eigenvalue weighted by Crippen LogP contribution is -2.56. The minimum atomic E-state index is -0.486. The number of fused-ring (bicyclic) bond motifs is 2. The van der Waals surface area contributed by atoms with Crippen molar-refractivity contribution >= 4 is 11.9 Å². The number of nitrogens with zero attached hydrogens (tertiary/aromatic N) is 1. The number of hydrogen-bond donors (Lipinski definition) is 0. The fourth-order valence-corrected chi connectivity index (χ4v) is 4.62. The van der Waals surface area contributed by atoms with Gasteiger partial charge in [0.1, 0.15) is 11.4 Å². The standard InChI is InChI=1S/C24H35NO3/c1-16(2)18-11-9-17(10-12-18)13-22(26)19-14-20-7-6-8-21(15-19)25(20)23(27)28-24(3,4)5/h9-12,16,19-21H,6-8,13-15H2,1-5H3. The maximum absolute atomic E-state index is 13.0. The van der Waals surface area contributed by atoms with E-state index in [1.807, 2.05) is 25.7 Å². The second kappa shape index (κ2) is 8.26. The molecule has 4 nitrogen and oxygen atoms in total. The highest BCUT2D eigenvalue weighted by molar-refractivity contribution is 5.84. The van der Waals surface area contributed by atoms with Crippen LogP contribution in [0.3, 0.4) is 0 Å². The Kier molecular flexibility index (Phi) is 6.16. The summed E-state index contributed by atoms with van der Waals surface area (Å²) in [6.07, 6.45) is 4.92. The number of carbonyl (C=O) groups excluding carboxylic acids is 2. The van der Waals surface area contributed by atoms with E-state index in [-0.39, 0.29) is 24.1 Å². The molecule has 0 spiro atoms. The van der Waals surface area contributed by atoms with Crippen LogP contribution in [-0.4, -0.2) is 34.5 Å². The van der Waals surface area contributed by atoms with E-state index in [4.69, 9.17) is 4.74 Å². The van der Waals surface area contributed by atoms with Crippen molar-refractivity contribution in [3.05, 3.63) is 35.4 Å². The molecule has 2 atom stereocenters. The molecule has 4 heteroatoms. The zero-order chi connectivity index (χ0) is 20.5. The Balaban J connectivity index is 1.64. The number of ketones is 1.